The highest BCUT2D eigenvalue weighted by atomic mass is 32.2. The van der Waals surface area contributed by atoms with Gasteiger partial charge in [-0.2, -0.15) is 0 Å². The number of nitrogens with zero attached hydrogens (tertiary/aromatic N) is 4. The summed E-state index contributed by atoms with van der Waals surface area (Å²) in [7, 11) is -1.01. The van der Waals surface area contributed by atoms with E-state index in [4.69, 9.17) is 9.47 Å². The van der Waals surface area contributed by atoms with E-state index >= 15 is 0 Å². The number of sulfonamides is 1. The quantitative estimate of drug-likeness (QED) is 0.453. The molecular formula is C27H35N5O7S. The lowest BCUT2D eigenvalue weighted by atomic mass is 10.1. The van der Waals surface area contributed by atoms with E-state index in [1.54, 1.807) is 36.2 Å². The van der Waals surface area contributed by atoms with Crippen molar-refractivity contribution in [3.8, 4) is 11.5 Å². The van der Waals surface area contributed by atoms with Gasteiger partial charge in [0.15, 0.2) is 0 Å². The van der Waals surface area contributed by atoms with E-state index in [2.05, 4.69) is 4.83 Å². The van der Waals surface area contributed by atoms with Crippen LogP contribution in [0.5, 0.6) is 11.5 Å². The fourth-order valence-electron chi connectivity index (χ4n) is 4.84. The molecule has 13 heteroatoms. The molecule has 2 heterocycles. The topological polar surface area (TPSA) is 129 Å². The normalized spacial score (nSPS) is 17.8. The maximum Gasteiger partial charge on any atom is 0.335 e. The van der Waals surface area contributed by atoms with Crippen LogP contribution in [0.1, 0.15) is 24.1 Å². The fourth-order valence-corrected chi connectivity index (χ4v) is 5.90. The lowest BCUT2D eigenvalue weighted by Gasteiger charge is -2.34. The third-order valence-electron chi connectivity index (χ3n) is 7.15. The summed E-state index contributed by atoms with van der Waals surface area (Å²) < 4.78 is 36.4. The highest BCUT2D eigenvalue weighted by Crippen LogP contribution is 2.30. The van der Waals surface area contributed by atoms with Gasteiger partial charge < -0.3 is 24.2 Å². The second-order valence-corrected chi connectivity index (χ2v) is 11.4. The second-order valence-electron chi connectivity index (χ2n) is 9.71. The molecule has 216 valence electrons. The van der Waals surface area contributed by atoms with E-state index in [9.17, 15) is 22.8 Å². The summed E-state index contributed by atoms with van der Waals surface area (Å²) in [6.45, 7) is 3.10. The van der Waals surface area contributed by atoms with Crippen molar-refractivity contribution in [2.24, 2.45) is 0 Å². The van der Waals surface area contributed by atoms with Crippen LogP contribution in [0.4, 0.5) is 4.79 Å². The number of hydrazine groups is 1. The zero-order valence-corrected chi connectivity index (χ0v) is 23.7. The van der Waals surface area contributed by atoms with Gasteiger partial charge in [-0.1, -0.05) is 24.3 Å². The molecule has 2 saturated heterocycles. The van der Waals surface area contributed by atoms with Gasteiger partial charge in [0.05, 0.1) is 26.8 Å². The van der Waals surface area contributed by atoms with Crippen LogP contribution in [0.3, 0.4) is 0 Å². The number of rotatable bonds is 10. The highest BCUT2D eigenvalue weighted by molar-refractivity contribution is 7.90. The van der Waals surface area contributed by atoms with Crippen LogP contribution in [0.15, 0.2) is 48.5 Å². The Bertz CT molecular complexity index is 1310. The van der Waals surface area contributed by atoms with Gasteiger partial charge in [-0.3, -0.25) is 9.59 Å². The first kappa shape index (κ1) is 29.2. The van der Waals surface area contributed by atoms with Crippen LogP contribution in [0.2, 0.25) is 0 Å². The van der Waals surface area contributed by atoms with Gasteiger partial charge in [-0.25, -0.2) is 18.2 Å². The molecule has 0 bridgehead atoms. The van der Waals surface area contributed by atoms with Gasteiger partial charge in [-0.15, -0.1) is 4.83 Å². The number of carbonyl (C=O) groups is 3. The minimum Gasteiger partial charge on any atom is -0.497 e. The van der Waals surface area contributed by atoms with E-state index in [1.807, 2.05) is 36.4 Å². The number of methoxy groups -OCH3 is 2. The maximum absolute atomic E-state index is 13.4. The Hall–Kier alpha value is -3.84. The van der Waals surface area contributed by atoms with Crippen LogP contribution < -0.4 is 14.3 Å². The van der Waals surface area contributed by atoms with Gasteiger partial charge in [-0.05, 0) is 41.8 Å². The van der Waals surface area contributed by atoms with Crippen LogP contribution in [0, 0.1) is 0 Å². The SMILES string of the molecule is COc1ccc(CCN2C(=O)N(NS(=O)(=O)CC(=O)N3CCN(C(C)=O)CC3)CC2c2ccc(OC)cc2)cc1. The first-order valence-electron chi connectivity index (χ1n) is 13.0. The largest absolute Gasteiger partial charge is 0.497 e. The first-order valence-corrected chi connectivity index (χ1v) is 14.6. The van der Waals surface area contributed by atoms with E-state index in [0.29, 0.717) is 31.8 Å². The third kappa shape index (κ3) is 7.02. The molecule has 0 saturated carbocycles. The van der Waals surface area contributed by atoms with Crippen LogP contribution in [-0.4, -0.2) is 105 Å². The number of benzene rings is 2. The summed E-state index contributed by atoms with van der Waals surface area (Å²) in [5.41, 5.74) is 1.82. The molecule has 2 aromatic rings. The molecule has 2 aromatic carbocycles. The number of hydrogen-bond acceptors (Lipinski definition) is 7. The molecule has 4 rings (SSSR count). The summed E-state index contributed by atoms with van der Waals surface area (Å²) in [6.07, 6.45) is 0.549. The summed E-state index contributed by atoms with van der Waals surface area (Å²) >= 11 is 0. The van der Waals surface area contributed by atoms with Crippen LogP contribution in [-0.2, 0) is 26.0 Å². The maximum atomic E-state index is 13.4. The molecule has 0 spiro atoms. The Morgan fingerprint density at radius 1 is 0.900 bits per heavy atom. The summed E-state index contributed by atoms with van der Waals surface area (Å²) in [6, 6.07) is 13.9. The minimum atomic E-state index is -4.17. The molecule has 12 nitrogen and oxygen atoms in total. The van der Waals surface area contributed by atoms with Gasteiger partial charge in [0.25, 0.3) is 0 Å². The average molecular weight is 574 g/mol. The summed E-state index contributed by atoms with van der Waals surface area (Å²) in [5, 5.41) is 1.05. The Kier molecular flexibility index (Phi) is 9.15. The van der Waals surface area contributed by atoms with Crippen molar-refractivity contribution in [1.29, 1.82) is 0 Å². The standard InChI is InChI=1S/C27H35N5O7S/c1-20(33)29-14-16-30(17-15-29)26(34)19-40(36,37)28-32-18-25(22-6-10-24(39-3)11-7-22)31(27(32)35)13-12-21-4-8-23(38-2)9-5-21/h4-11,25,28H,12-19H2,1-3H3. The number of piperazine rings is 1. The highest BCUT2D eigenvalue weighted by Gasteiger charge is 2.40. The predicted molar refractivity (Wildman–Crippen MR) is 147 cm³/mol. The van der Waals surface area contributed by atoms with Crippen LogP contribution in [0.25, 0.3) is 0 Å². The zero-order valence-electron chi connectivity index (χ0n) is 22.9. The van der Waals surface area contributed by atoms with E-state index < -0.39 is 33.8 Å². The summed E-state index contributed by atoms with van der Waals surface area (Å²) in [4.78, 5) is 44.7. The number of ether oxygens (including phenoxy) is 2. The molecule has 1 atom stereocenters. The first-order chi connectivity index (χ1) is 19.1. The number of hydrogen-bond donors (Lipinski definition) is 1. The molecule has 40 heavy (non-hydrogen) atoms. The minimum absolute atomic E-state index is 0.0679. The molecule has 0 aliphatic carbocycles. The summed E-state index contributed by atoms with van der Waals surface area (Å²) in [5.74, 6) is -0.0658. The van der Waals surface area contributed by atoms with Gasteiger partial charge in [0.2, 0.25) is 21.8 Å². The molecule has 1 N–H and O–H groups in total. The van der Waals surface area contributed by atoms with Crippen molar-refractivity contribution in [1.82, 2.24) is 24.5 Å². The number of amides is 4. The van der Waals surface area contributed by atoms with Crippen molar-refractivity contribution >= 4 is 27.9 Å². The predicted octanol–water partition coefficient (Wildman–Crippen LogP) is 1.25. The lowest BCUT2D eigenvalue weighted by Crippen LogP contribution is -2.53. The second kappa shape index (κ2) is 12.6. The number of urea groups is 1. The molecule has 2 aliphatic rings. The van der Waals surface area contributed by atoms with Gasteiger partial charge >= 0.3 is 6.03 Å². The molecule has 2 aliphatic heterocycles. The van der Waals surface area contributed by atoms with Crippen molar-refractivity contribution < 1.29 is 32.3 Å². The molecule has 2 fully saturated rings. The number of carbonyl (C=O) groups excluding carboxylic acids is 3. The molecular weight excluding hydrogens is 538 g/mol. The molecule has 0 aromatic heterocycles. The van der Waals surface area contributed by atoms with Crippen molar-refractivity contribution in [3.05, 3.63) is 59.7 Å². The molecule has 1 unspecified atom stereocenters. The van der Waals surface area contributed by atoms with Crippen molar-refractivity contribution in [2.45, 2.75) is 19.4 Å². The fraction of sp³-hybridized carbons (Fsp3) is 0.444. The van der Waals surface area contributed by atoms with E-state index in [-0.39, 0.29) is 25.5 Å². The zero-order chi connectivity index (χ0) is 28.9. The number of nitrogens with one attached hydrogen (secondary N) is 1. The molecule has 0 radical (unpaired) electrons. The average Bonchev–Trinajstić information content (AvgIpc) is 3.25. The Morgan fingerprint density at radius 2 is 1.45 bits per heavy atom. The van der Waals surface area contributed by atoms with Crippen molar-refractivity contribution in [2.75, 3.05) is 59.2 Å². The lowest BCUT2D eigenvalue weighted by molar-refractivity contribution is -0.136. The smallest absolute Gasteiger partial charge is 0.335 e. The van der Waals surface area contributed by atoms with Crippen molar-refractivity contribution in [3.63, 3.8) is 0 Å². The third-order valence-corrected chi connectivity index (χ3v) is 8.28. The Morgan fingerprint density at radius 3 is 2.00 bits per heavy atom. The van der Waals surface area contributed by atoms with Crippen LogP contribution >= 0.6 is 0 Å². The van der Waals surface area contributed by atoms with Gasteiger partial charge in [0, 0.05) is 39.6 Å². The van der Waals surface area contributed by atoms with E-state index in [1.165, 1.54) is 11.8 Å². The molecule has 4 amide bonds. The Balaban J connectivity index is 1.45. The van der Waals surface area contributed by atoms with Gasteiger partial charge in [0.1, 0.15) is 17.3 Å². The van der Waals surface area contributed by atoms with E-state index in [0.717, 1.165) is 21.9 Å². The monoisotopic (exact) mass is 573 g/mol. The Labute approximate surface area is 234 Å².